The predicted octanol–water partition coefficient (Wildman–Crippen LogP) is 1.47. The van der Waals surface area contributed by atoms with Crippen molar-refractivity contribution in [1.29, 1.82) is 0 Å². The largest absolute Gasteiger partial charge is 0.548 e. The summed E-state index contributed by atoms with van der Waals surface area (Å²) < 4.78 is 0.202. The topological polar surface area (TPSA) is 77.5 Å². The number of carboxylic acid groups (broad SMARTS) is 1. The molecule has 1 aliphatic rings. The maximum Gasteiger partial charge on any atom is 0.266 e. The number of amides is 1. The Morgan fingerprint density at radius 2 is 1.83 bits per heavy atom. The third-order valence-corrected chi connectivity index (χ3v) is 4.68. The van der Waals surface area contributed by atoms with E-state index in [1.54, 1.807) is 44.2 Å². The molecule has 0 spiro atoms. The van der Waals surface area contributed by atoms with Crippen LogP contribution in [0.1, 0.15) is 29.8 Å². The monoisotopic (exact) mass is 348 g/mol. The van der Waals surface area contributed by atoms with Crippen molar-refractivity contribution in [3.8, 4) is 0 Å². The Bertz CT molecular complexity index is 695. The second kappa shape index (κ2) is 7.06. The molecular weight excluding hydrogens is 334 g/mol. The summed E-state index contributed by atoms with van der Waals surface area (Å²) in [5.74, 6) is -2.09. The van der Waals surface area contributed by atoms with Gasteiger partial charge in [0.05, 0.1) is 16.9 Å². The van der Waals surface area contributed by atoms with Crippen LogP contribution in [0.25, 0.3) is 6.08 Å². The van der Waals surface area contributed by atoms with Crippen molar-refractivity contribution < 1.29 is 19.5 Å². The molecule has 7 heteroatoms. The summed E-state index contributed by atoms with van der Waals surface area (Å²) in [6, 6.07) is 5.59. The number of aldehydes is 1. The van der Waals surface area contributed by atoms with Crippen molar-refractivity contribution in [1.82, 2.24) is 4.90 Å². The average Bonchev–Trinajstić information content (AvgIpc) is 2.75. The minimum absolute atomic E-state index is 0.202. The molecule has 23 heavy (non-hydrogen) atoms. The lowest BCUT2D eigenvalue weighted by atomic mass is 10.0. The molecular formula is C16H14NO4S2-. The Kier molecular flexibility index (Phi) is 5.33. The van der Waals surface area contributed by atoms with Gasteiger partial charge < -0.3 is 9.90 Å². The quantitative estimate of drug-likeness (QED) is 0.456. The first-order valence-electron chi connectivity index (χ1n) is 6.88. The molecule has 2 rings (SSSR count). The molecule has 1 aromatic rings. The number of carbonyl (C=O) groups excluding carboxylic acids is 3. The van der Waals surface area contributed by atoms with Crippen LogP contribution in [0, 0.1) is 5.92 Å². The number of carbonyl (C=O) groups is 3. The molecule has 1 saturated heterocycles. The zero-order valence-corrected chi connectivity index (χ0v) is 14.1. The number of hydrogen-bond donors (Lipinski definition) is 0. The van der Waals surface area contributed by atoms with Crippen molar-refractivity contribution >= 4 is 52.5 Å². The Hall–Kier alpha value is -1.99. The van der Waals surface area contributed by atoms with E-state index in [0.29, 0.717) is 10.5 Å². The number of rotatable bonds is 5. The third kappa shape index (κ3) is 3.68. The maximum absolute atomic E-state index is 12.5. The van der Waals surface area contributed by atoms with Crippen LogP contribution in [0.2, 0.25) is 0 Å². The summed E-state index contributed by atoms with van der Waals surface area (Å²) in [6.07, 6.45) is 2.36. The van der Waals surface area contributed by atoms with E-state index in [2.05, 4.69) is 0 Å². The lowest BCUT2D eigenvalue weighted by Crippen LogP contribution is -2.52. The summed E-state index contributed by atoms with van der Waals surface area (Å²) in [7, 11) is 0. The van der Waals surface area contributed by atoms with Crippen molar-refractivity contribution in [3.05, 3.63) is 40.3 Å². The highest BCUT2D eigenvalue weighted by atomic mass is 32.2. The molecule has 1 heterocycles. The molecule has 1 fully saturated rings. The highest BCUT2D eigenvalue weighted by Gasteiger charge is 2.38. The summed E-state index contributed by atoms with van der Waals surface area (Å²) in [5.41, 5.74) is 1.26. The van der Waals surface area contributed by atoms with E-state index >= 15 is 0 Å². The fourth-order valence-corrected chi connectivity index (χ4v) is 3.55. The number of carboxylic acids is 1. The van der Waals surface area contributed by atoms with E-state index in [0.717, 1.165) is 28.5 Å². The van der Waals surface area contributed by atoms with E-state index in [1.165, 1.54) is 0 Å². The molecule has 0 bridgehead atoms. The lowest BCUT2D eigenvalue weighted by molar-refractivity contribution is -0.311. The molecule has 0 N–H and O–H groups in total. The Morgan fingerprint density at radius 3 is 2.30 bits per heavy atom. The zero-order chi connectivity index (χ0) is 17.1. The molecule has 5 nitrogen and oxygen atoms in total. The van der Waals surface area contributed by atoms with Gasteiger partial charge in [-0.3, -0.25) is 14.5 Å². The van der Waals surface area contributed by atoms with Gasteiger partial charge in [-0.15, -0.1) is 0 Å². The molecule has 1 amide bonds. The van der Waals surface area contributed by atoms with Crippen LogP contribution >= 0.6 is 24.0 Å². The maximum atomic E-state index is 12.5. The number of nitrogens with zero attached hydrogens (tertiary/aromatic N) is 1. The molecule has 0 aromatic heterocycles. The van der Waals surface area contributed by atoms with E-state index in [-0.39, 0.29) is 10.2 Å². The van der Waals surface area contributed by atoms with Crippen LogP contribution in [-0.4, -0.2) is 33.4 Å². The first-order chi connectivity index (χ1) is 10.8. The van der Waals surface area contributed by atoms with Crippen LogP contribution in [0.3, 0.4) is 0 Å². The van der Waals surface area contributed by atoms with Crippen LogP contribution in [0.5, 0.6) is 0 Å². The minimum Gasteiger partial charge on any atom is -0.548 e. The van der Waals surface area contributed by atoms with Gasteiger partial charge in [0, 0.05) is 5.56 Å². The number of thiocarbonyl (C=S) groups is 1. The zero-order valence-electron chi connectivity index (χ0n) is 12.5. The molecule has 1 aromatic carbocycles. The normalized spacial score (nSPS) is 17.9. The highest BCUT2D eigenvalue weighted by Crippen LogP contribution is 2.35. The molecule has 1 atom stereocenters. The Labute approximate surface area is 143 Å². The smallest absolute Gasteiger partial charge is 0.266 e. The second-order valence-electron chi connectivity index (χ2n) is 5.34. The summed E-state index contributed by atoms with van der Waals surface area (Å²) in [5, 5.41) is 11.3. The SMILES string of the molecule is CC(C)[C@@H](C(=O)[O-])N1C(=O)/C(=C/c2ccc(C=O)cc2)SC1=S. The third-order valence-electron chi connectivity index (χ3n) is 3.34. The van der Waals surface area contributed by atoms with Crippen molar-refractivity contribution in [2.24, 2.45) is 5.92 Å². The molecule has 0 radical (unpaired) electrons. The number of hydrogen-bond acceptors (Lipinski definition) is 6. The molecule has 0 unspecified atom stereocenters. The Morgan fingerprint density at radius 1 is 1.26 bits per heavy atom. The van der Waals surface area contributed by atoms with Gasteiger partial charge in [-0.2, -0.15) is 0 Å². The first kappa shape index (κ1) is 17.4. The van der Waals surface area contributed by atoms with Gasteiger partial charge in [0.1, 0.15) is 10.6 Å². The summed E-state index contributed by atoms with van der Waals surface area (Å²) >= 11 is 6.21. The second-order valence-corrected chi connectivity index (χ2v) is 7.02. The lowest BCUT2D eigenvalue weighted by Gasteiger charge is -2.30. The molecule has 120 valence electrons. The van der Waals surface area contributed by atoms with E-state index in [1.807, 2.05) is 0 Å². The first-order valence-corrected chi connectivity index (χ1v) is 8.10. The van der Waals surface area contributed by atoms with Crippen molar-refractivity contribution in [2.75, 3.05) is 0 Å². The Balaban J connectivity index is 2.31. The van der Waals surface area contributed by atoms with Crippen LogP contribution < -0.4 is 5.11 Å². The average molecular weight is 348 g/mol. The predicted molar refractivity (Wildman–Crippen MR) is 90.5 cm³/mol. The number of thioether (sulfide) groups is 1. The van der Waals surface area contributed by atoms with Crippen LogP contribution in [-0.2, 0) is 9.59 Å². The van der Waals surface area contributed by atoms with Gasteiger partial charge in [0.15, 0.2) is 0 Å². The molecule has 1 aliphatic heterocycles. The van der Waals surface area contributed by atoms with Gasteiger partial charge in [0.2, 0.25) is 0 Å². The van der Waals surface area contributed by atoms with Crippen molar-refractivity contribution in [2.45, 2.75) is 19.9 Å². The van der Waals surface area contributed by atoms with E-state index < -0.39 is 17.9 Å². The van der Waals surface area contributed by atoms with Gasteiger partial charge in [-0.1, -0.05) is 62.1 Å². The fraction of sp³-hybridized carbons (Fsp3) is 0.250. The summed E-state index contributed by atoms with van der Waals surface area (Å²) in [4.78, 5) is 35.9. The fourth-order valence-electron chi connectivity index (χ4n) is 2.22. The number of benzene rings is 1. The van der Waals surface area contributed by atoms with Gasteiger partial charge in [-0.25, -0.2) is 0 Å². The van der Waals surface area contributed by atoms with Gasteiger partial charge in [0.25, 0.3) is 5.91 Å². The highest BCUT2D eigenvalue weighted by molar-refractivity contribution is 8.26. The van der Waals surface area contributed by atoms with E-state index in [9.17, 15) is 19.5 Å². The van der Waals surface area contributed by atoms with Gasteiger partial charge >= 0.3 is 0 Å². The minimum atomic E-state index is -1.33. The number of aliphatic carboxylic acids is 1. The molecule has 0 aliphatic carbocycles. The van der Waals surface area contributed by atoms with Gasteiger partial charge in [-0.05, 0) is 17.6 Å². The van der Waals surface area contributed by atoms with Crippen molar-refractivity contribution in [3.63, 3.8) is 0 Å². The van der Waals surface area contributed by atoms with Crippen LogP contribution in [0.15, 0.2) is 29.2 Å². The molecule has 0 saturated carbocycles. The van der Waals surface area contributed by atoms with Crippen LogP contribution in [0.4, 0.5) is 0 Å². The standard InChI is InChI=1S/C16H15NO4S2/c1-9(2)13(15(20)21)17-14(19)12(23-16(17)22)7-10-3-5-11(8-18)6-4-10/h3-9,13H,1-2H3,(H,20,21)/p-1/b12-7-/t13-/m0/s1. The summed E-state index contributed by atoms with van der Waals surface area (Å²) in [6.45, 7) is 3.39. The van der Waals surface area contributed by atoms with E-state index in [4.69, 9.17) is 12.2 Å².